The lowest BCUT2D eigenvalue weighted by Gasteiger charge is -2.30. The van der Waals surface area contributed by atoms with Crippen molar-refractivity contribution >= 4 is 5.78 Å². The van der Waals surface area contributed by atoms with E-state index in [0.29, 0.717) is 11.3 Å². The van der Waals surface area contributed by atoms with Crippen molar-refractivity contribution in [2.75, 3.05) is 0 Å². The number of fused-ring (bicyclic) bond motifs is 1. The molecule has 3 nitrogen and oxygen atoms in total. The second-order valence-electron chi connectivity index (χ2n) is 4.34. The normalized spacial score (nSPS) is 22.2. The zero-order chi connectivity index (χ0) is 12.5. The van der Waals surface area contributed by atoms with E-state index in [4.69, 9.17) is 10.5 Å². The molecule has 0 radical (unpaired) electrons. The fraction of sp³-hybridized carbons (Fsp3) is 0.133. The van der Waals surface area contributed by atoms with Gasteiger partial charge < -0.3 is 10.5 Å². The summed E-state index contributed by atoms with van der Waals surface area (Å²) < 4.78 is 5.85. The molecule has 1 aliphatic heterocycles. The van der Waals surface area contributed by atoms with Gasteiger partial charge in [0.25, 0.3) is 0 Å². The quantitative estimate of drug-likeness (QED) is 0.831. The fourth-order valence-corrected chi connectivity index (χ4v) is 2.22. The summed E-state index contributed by atoms with van der Waals surface area (Å²) in [6.07, 6.45) is -0.409. The lowest BCUT2D eigenvalue weighted by molar-refractivity contribution is 0.0789. The molecule has 2 aromatic carbocycles. The molecule has 2 N–H and O–H groups in total. The number of rotatable bonds is 1. The number of carbonyl (C=O) groups is 1. The van der Waals surface area contributed by atoms with Gasteiger partial charge in [0.1, 0.15) is 17.9 Å². The molecule has 2 atom stereocenters. The van der Waals surface area contributed by atoms with Crippen LogP contribution in [0.2, 0.25) is 0 Å². The van der Waals surface area contributed by atoms with E-state index in [9.17, 15) is 4.79 Å². The maximum atomic E-state index is 12.2. The highest BCUT2D eigenvalue weighted by Gasteiger charge is 2.35. The molecular weight excluding hydrogens is 226 g/mol. The zero-order valence-corrected chi connectivity index (χ0v) is 9.74. The number of carbonyl (C=O) groups excluding carboxylic acids is 1. The molecule has 0 aromatic heterocycles. The monoisotopic (exact) mass is 239 g/mol. The van der Waals surface area contributed by atoms with Crippen LogP contribution in [0.15, 0.2) is 54.6 Å². The van der Waals surface area contributed by atoms with E-state index in [2.05, 4.69) is 0 Å². The Morgan fingerprint density at radius 1 is 0.944 bits per heavy atom. The van der Waals surface area contributed by atoms with Gasteiger partial charge in [-0.2, -0.15) is 0 Å². The molecule has 0 aliphatic carbocycles. The smallest absolute Gasteiger partial charge is 0.187 e. The Bertz CT molecular complexity index is 580. The Labute approximate surface area is 105 Å². The number of ether oxygens (including phenoxy) is 1. The second-order valence-corrected chi connectivity index (χ2v) is 4.34. The summed E-state index contributed by atoms with van der Waals surface area (Å²) in [7, 11) is 0. The Kier molecular flexibility index (Phi) is 2.61. The average molecular weight is 239 g/mol. The first kappa shape index (κ1) is 11.0. The summed E-state index contributed by atoms with van der Waals surface area (Å²) in [5.74, 6) is 0.545. The van der Waals surface area contributed by atoms with Crippen LogP contribution in [0.4, 0.5) is 0 Å². The van der Waals surface area contributed by atoms with E-state index in [0.717, 1.165) is 5.56 Å². The fourth-order valence-electron chi connectivity index (χ4n) is 2.22. The lowest BCUT2D eigenvalue weighted by Crippen LogP contribution is -2.42. The molecular formula is C15H13NO2. The van der Waals surface area contributed by atoms with Crippen LogP contribution in [-0.4, -0.2) is 11.8 Å². The highest BCUT2D eigenvalue weighted by atomic mass is 16.5. The van der Waals surface area contributed by atoms with Gasteiger partial charge in [0.2, 0.25) is 0 Å². The topological polar surface area (TPSA) is 52.3 Å². The Balaban J connectivity index is 2.04. The van der Waals surface area contributed by atoms with Crippen LogP contribution in [0.1, 0.15) is 22.0 Å². The van der Waals surface area contributed by atoms with Gasteiger partial charge in [-0.05, 0) is 17.7 Å². The third kappa shape index (κ3) is 1.69. The summed E-state index contributed by atoms with van der Waals surface area (Å²) in [4.78, 5) is 12.2. The van der Waals surface area contributed by atoms with E-state index >= 15 is 0 Å². The molecule has 1 heterocycles. The Morgan fingerprint density at radius 2 is 1.61 bits per heavy atom. The van der Waals surface area contributed by atoms with Gasteiger partial charge in [0, 0.05) is 0 Å². The molecule has 0 saturated carbocycles. The van der Waals surface area contributed by atoms with Crippen LogP contribution < -0.4 is 10.5 Å². The summed E-state index contributed by atoms with van der Waals surface area (Å²) >= 11 is 0. The average Bonchev–Trinajstić information content (AvgIpc) is 2.44. The third-order valence-electron chi connectivity index (χ3n) is 3.16. The van der Waals surface area contributed by atoms with Gasteiger partial charge in [-0.15, -0.1) is 0 Å². The van der Waals surface area contributed by atoms with E-state index in [-0.39, 0.29) is 5.78 Å². The number of benzene rings is 2. The molecule has 0 spiro atoms. The van der Waals surface area contributed by atoms with Crippen molar-refractivity contribution in [2.45, 2.75) is 12.1 Å². The van der Waals surface area contributed by atoms with Crippen molar-refractivity contribution in [1.29, 1.82) is 0 Å². The highest BCUT2D eigenvalue weighted by Crippen LogP contribution is 2.33. The zero-order valence-electron chi connectivity index (χ0n) is 9.74. The summed E-state index contributed by atoms with van der Waals surface area (Å²) in [6, 6.07) is 16.2. The molecule has 3 rings (SSSR count). The first-order valence-electron chi connectivity index (χ1n) is 5.88. The van der Waals surface area contributed by atoms with Gasteiger partial charge >= 0.3 is 0 Å². The van der Waals surface area contributed by atoms with Crippen LogP contribution in [0.5, 0.6) is 5.75 Å². The maximum Gasteiger partial charge on any atom is 0.187 e. The van der Waals surface area contributed by atoms with Gasteiger partial charge in [-0.25, -0.2) is 0 Å². The van der Waals surface area contributed by atoms with Crippen LogP contribution in [0.3, 0.4) is 0 Å². The minimum absolute atomic E-state index is 0.0642. The van der Waals surface area contributed by atoms with E-state index in [1.807, 2.05) is 42.5 Å². The van der Waals surface area contributed by atoms with Crippen LogP contribution in [0.25, 0.3) is 0 Å². The van der Waals surface area contributed by atoms with E-state index in [1.165, 1.54) is 0 Å². The first-order valence-corrected chi connectivity index (χ1v) is 5.88. The number of Topliss-reactive ketones (excluding diaryl/α,β-unsaturated/α-hetero) is 1. The first-order chi connectivity index (χ1) is 8.77. The van der Waals surface area contributed by atoms with E-state index < -0.39 is 12.1 Å². The van der Waals surface area contributed by atoms with Crippen molar-refractivity contribution in [1.82, 2.24) is 0 Å². The number of nitrogens with two attached hydrogens (primary N) is 1. The molecule has 18 heavy (non-hydrogen) atoms. The van der Waals surface area contributed by atoms with Gasteiger partial charge in [0.05, 0.1) is 5.56 Å². The molecule has 90 valence electrons. The summed E-state index contributed by atoms with van der Waals surface area (Å²) in [6.45, 7) is 0. The molecule has 0 saturated heterocycles. The van der Waals surface area contributed by atoms with Crippen molar-refractivity contribution in [2.24, 2.45) is 5.73 Å². The Morgan fingerprint density at radius 3 is 2.39 bits per heavy atom. The summed E-state index contributed by atoms with van der Waals surface area (Å²) in [5, 5.41) is 0. The molecule has 0 fully saturated rings. The van der Waals surface area contributed by atoms with Gasteiger partial charge in [0.15, 0.2) is 5.78 Å². The van der Waals surface area contributed by atoms with Crippen LogP contribution in [0, 0.1) is 0 Å². The van der Waals surface area contributed by atoms with Crippen molar-refractivity contribution in [3.63, 3.8) is 0 Å². The van der Waals surface area contributed by atoms with Crippen molar-refractivity contribution in [3.8, 4) is 5.75 Å². The highest BCUT2D eigenvalue weighted by molar-refractivity contribution is 6.03. The number of ketones is 1. The SMILES string of the molecule is N[C@@H]1C(=O)c2ccccc2O[C@H]1c1ccccc1. The minimum atomic E-state index is -0.651. The lowest BCUT2D eigenvalue weighted by atomic mass is 9.92. The largest absolute Gasteiger partial charge is 0.483 e. The van der Waals surface area contributed by atoms with Crippen LogP contribution in [-0.2, 0) is 0 Å². The second kappa shape index (κ2) is 4.27. The van der Waals surface area contributed by atoms with Gasteiger partial charge in [-0.1, -0.05) is 42.5 Å². The Hall–Kier alpha value is -2.13. The van der Waals surface area contributed by atoms with E-state index in [1.54, 1.807) is 12.1 Å². The minimum Gasteiger partial charge on any atom is -0.483 e. The number of hydrogen-bond acceptors (Lipinski definition) is 3. The van der Waals surface area contributed by atoms with Gasteiger partial charge in [-0.3, -0.25) is 4.79 Å². The van der Waals surface area contributed by atoms with Crippen molar-refractivity contribution in [3.05, 3.63) is 65.7 Å². The molecule has 0 unspecified atom stereocenters. The van der Waals surface area contributed by atoms with Crippen molar-refractivity contribution < 1.29 is 9.53 Å². The molecule has 0 bridgehead atoms. The predicted octanol–water partition coefficient (Wildman–Crippen LogP) is 2.33. The molecule has 1 aliphatic rings. The predicted molar refractivity (Wildman–Crippen MR) is 68.6 cm³/mol. The third-order valence-corrected chi connectivity index (χ3v) is 3.16. The molecule has 3 heteroatoms. The molecule has 0 amide bonds. The number of para-hydroxylation sites is 1. The van der Waals surface area contributed by atoms with Crippen LogP contribution >= 0.6 is 0 Å². The standard InChI is InChI=1S/C15H13NO2/c16-13-14(17)11-8-4-5-9-12(11)18-15(13)10-6-2-1-3-7-10/h1-9,13,15H,16H2/t13-,15+/m1/s1. The summed E-state index contributed by atoms with van der Waals surface area (Å²) in [5.41, 5.74) is 7.49. The molecule has 2 aromatic rings. The maximum absolute atomic E-state index is 12.2. The number of hydrogen-bond donors (Lipinski definition) is 1.